The van der Waals surface area contributed by atoms with Crippen molar-refractivity contribution in [2.45, 2.75) is 38.7 Å². The third kappa shape index (κ3) is 3.75. The molecule has 0 saturated carbocycles. The van der Waals surface area contributed by atoms with Crippen LogP contribution >= 0.6 is 0 Å². The molecule has 2 aliphatic rings. The number of methoxy groups -OCH3 is 1. The first-order valence-electron chi connectivity index (χ1n) is 8.55. The van der Waals surface area contributed by atoms with Crippen molar-refractivity contribution >= 4 is 5.91 Å². The minimum atomic E-state index is 0.231. The second kappa shape index (κ2) is 7.02. The van der Waals surface area contributed by atoms with E-state index < -0.39 is 0 Å². The summed E-state index contributed by atoms with van der Waals surface area (Å²) in [6.45, 7) is 5.28. The molecule has 0 aromatic heterocycles. The number of hydrogen-bond donors (Lipinski definition) is 0. The summed E-state index contributed by atoms with van der Waals surface area (Å²) in [6, 6.07) is 8.15. The maximum atomic E-state index is 12.6. The van der Waals surface area contributed by atoms with Gasteiger partial charge >= 0.3 is 0 Å². The topological polar surface area (TPSA) is 38.8 Å². The number of ether oxygens (including phenoxy) is 2. The fourth-order valence-corrected chi connectivity index (χ4v) is 3.85. The lowest BCUT2D eigenvalue weighted by atomic mass is 9.76. The minimum Gasteiger partial charge on any atom is -0.382 e. The van der Waals surface area contributed by atoms with E-state index in [1.54, 1.807) is 7.11 Å². The molecule has 4 nitrogen and oxygen atoms in total. The smallest absolute Gasteiger partial charge is 0.226 e. The molecular weight excluding hydrogens is 290 g/mol. The van der Waals surface area contributed by atoms with Crippen LogP contribution in [0, 0.1) is 12.3 Å². The molecule has 1 amide bonds. The fraction of sp³-hybridized carbons (Fsp3) is 0.632. The van der Waals surface area contributed by atoms with E-state index in [1.165, 1.54) is 5.56 Å². The van der Waals surface area contributed by atoms with Gasteiger partial charge in [0, 0.05) is 20.2 Å². The van der Waals surface area contributed by atoms with Gasteiger partial charge in [-0.05, 0) is 42.7 Å². The quantitative estimate of drug-likeness (QED) is 0.857. The maximum absolute atomic E-state index is 12.6. The van der Waals surface area contributed by atoms with Crippen LogP contribution in [0.25, 0.3) is 0 Å². The molecule has 2 aliphatic heterocycles. The molecule has 1 atom stereocenters. The van der Waals surface area contributed by atoms with Crippen molar-refractivity contribution in [3.63, 3.8) is 0 Å². The van der Waals surface area contributed by atoms with Gasteiger partial charge in [0.05, 0.1) is 25.7 Å². The lowest BCUT2D eigenvalue weighted by molar-refractivity contribution is -0.132. The molecule has 2 fully saturated rings. The maximum Gasteiger partial charge on any atom is 0.226 e. The van der Waals surface area contributed by atoms with E-state index in [2.05, 4.69) is 19.1 Å². The van der Waals surface area contributed by atoms with Crippen molar-refractivity contribution in [3.8, 4) is 0 Å². The molecule has 1 aromatic rings. The number of hydrogen-bond acceptors (Lipinski definition) is 3. The third-order valence-corrected chi connectivity index (χ3v) is 5.42. The van der Waals surface area contributed by atoms with Gasteiger partial charge in [0.15, 0.2) is 0 Å². The van der Waals surface area contributed by atoms with Gasteiger partial charge in [0.2, 0.25) is 5.91 Å². The van der Waals surface area contributed by atoms with Crippen molar-refractivity contribution < 1.29 is 14.3 Å². The van der Waals surface area contributed by atoms with Crippen molar-refractivity contribution in [1.82, 2.24) is 4.90 Å². The summed E-state index contributed by atoms with van der Waals surface area (Å²) in [4.78, 5) is 14.6. The Balaban J connectivity index is 1.53. The number of benzene rings is 1. The highest BCUT2D eigenvalue weighted by Crippen LogP contribution is 2.42. The zero-order valence-electron chi connectivity index (χ0n) is 14.2. The van der Waals surface area contributed by atoms with E-state index in [0.29, 0.717) is 13.0 Å². The lowest BCUT2D eigenvalue weighted by Crippen LogP contribution is -2.44. The van der Waals surface area contributed by atoms with E-state index in [-0.39, 0.29) is 17.4 Å². The predicted molar refractivity (Wildman–Crippen MR) is 89.4 cm³/mol. The highest BCUT2D eigenvalue weighted by Gasteiger charge is 2.42. The molecule has 0 radical (unpaired) electrons. The summed E-state index contributed by atoms with van der Waals surface area (Å²) in [5.41, 5.74) is 2.60. The number of likely N-dealkylation sites (tertiary alicyclic amines) is 1. The number of carbonyl (C=O) groups excluding carboxylic acids is 1. The van der Waals surface area contributed by atoms with Crippen LogP contribution in [0.5, 0.6) is 0 Å². The van der Waals surface area contributed by atoms with Crippen molar-refractivity contribution in [2.75, 3.05) is 33.4 Å². The molecule has 2 heterocycles. The van der Waals surface area contributed by atoms with Crippen LogP contribution < -0.4 is 0 Å². The normalized spacial score (nSPS) is 23.4. The SMILES string of the molecule is COC[C@@H]1CC2(CCN(C(=O)Cc3ccccc3C)CC2)CO1. The minimum absolute atomic E-state index is 0.231. The Morgan fingerprint density at radius 1 is 1.35 bits per heavy atom. The molecule has 1 aromatic carbocycles. The second-order valence-electron chi connectivity index (χ2n) is 7.08. The fourth-order valence-electron chi connectivity index (χ4n) is 3.85. The Labute approximate surface area is 138 Å². The van der Waals surface area contributed by atoms with Gasteiger partial charge < -0.3 is 14.4 Å². The number of piperidine rings is 1. The molecule has 23 heavy (non-hydrogen) atoms. The summed E-state index contributed by atoms with van der Waals surface area (Å²) in [5.74, 6) is 0.251. The Morgan fingerprint density at radius 3 is 2.78 bits per heavy atom. The summed E-state index contributed by atoms with van der Waals surface area (Å²) in [7, 11) is 1.72. The van der Waals surface area contributed by atoms with E-state index >= 15 is 0 Å². The van der Waals surface area contributed by atoms with Crippen LogP contribution in [0.15, 0.2) is 24.3 Å². The van der Waals surface area contributed by atoms with Gasteiger partial charge in [-0.15, -0.1) is 0 Å². The first-order chi connectivity index (χ1) is 11.1. The Hall–Kier alpha value is -1.39. The average Bonchev–Trinajstić information content (AvgIpc) is 2.93. The Bertz CT molecular complexity index is 549. The Morgan fingerprint density at radius 2 is 2.09 bits per heavy atom. The molecule has 3 rings (SSSR count). The van der Waals surface area contributed by atoms with E-state index in [1.807, 2.05) is 17.0 Å². The molecule has 0 N–H and O–H groups in total. The summed E-state index contributed by atoms with van der Waals surface area (Å²) < 4.78 is 11.1. The van der Waals surface area contributed by atoms with Gasteiger partial charge in [-0.2, -0.15) is 0 Å². The molecule has 126 valence electrons. The van der Waals surface area contributed by atoms with Crippen LogP contribution in [-0.2, 0) is 20.7 Å². The van der Waals surface area contributed by atoms with Crippen molar-refractivity contribution in [3.05, 3.63) is 35.4 Å². The molecule has 0 unspecified atom stereocenters. The van der Waals surface area contributed by atoms with Crippen LogP contribution in [0.3, 0.4) is 0 Å². The van der Waals surface area contributed by atoms with Crippen molar-refractivity contribution in [2.24, 2.45) is 5.41 Å². The van der Waals surface area contributed by atoms with Gasteiger partial charge in [-0.1, -0.05) is 24.3 Å². The van der Waals surface area contributed by atoms with Crippen LogP contribution in [0.1, 0.15) is 30.4 Å². The van der Waals surface area contributed by atoms with E-state index in [4.69, 9.17) is 9.47 Å². The average molecular weight is 317 g/mol. The summed E-state index contributed by atoms with van der Waals surface area (Å²) in [6.07, 6.45) is 3.91. The first kappa shape index (κ1) is 16.5. The molecule has 0 bridgehead atoms. The largest absolute Gasteiger partial charge is 0.382 e. The number of rotatable bonds is 4. The standard InChI is InChI=1S/C19H27NO3/c1-15-5-3-4-6-16(15)11-18(21)20-9-7-19(8-10-20)12-17(13-22-2)23-14-19/h3-6,17H,7-14H2,1-2H3/t17-/m0/s1. The monoisotopic (exact) mass is 317 g/mol. The molecule has 4 heteroatoms. The van der Waals surface area contributed by atoms with Crippen LogP contribution in [-0.4, -0.2) is 50.3 Å². The zero-order valence-corrected chi connectivity index (χ0v) is 14.2. The summed E-state index contributed by atoms with van der Waals surface area (Å²) >= 11 is 0. The lowest BCUT2D eigenvalue weighted by Gasteiger charge is -2.38. The van der Waals surface area contributed by atoms with E-state index in [0.717, 1.165) is 44.5 Å². The highest BCUT2D eigenvalue weighted by molar-refractivity contribution is 5.79. The first-order valence-corrected chi connectivity index (χ1v) is 8.55. The van der Waals surface area contributed by atoms with Gasteiger partial charge in [-0.3, -0.25) is 4.79 Å². The Kier molecular flexibility index (Phi) is 5.02. The third-order valence-electron chi connectivity index (χ3n) is 5.42. The van der Waals surface area contributed by atoms with Gasteiger partial charge in [0.1, 0.15) is 0 Å². The number of nitrogens with zero attached hydrogens (tertiary/aromatic N) is 1. The van der Waals surface area contributed by atoms with Gasteiger partial charge in [-0.25, -0.2) is 0 Å². The second-order valence-corrected chi connectivity index (χ2v) is 7.08. The number of aryl methyl sites for hydroxylation is 1. The summed E-state index contributed by atoms with van der Waals surface area (Å²) in [5, 5.41) is 0. The van der Waals surface area contributed by atoms with Gasteiger partial charge in [0.25, 0.3) is 0 Å². The van der Waals surface area contributed by atoms with E-state index in [9.17, 15) is 4.79 Å². The number of amides is 1. The van der Waals surface area contributed by atoms with Crippen molar-refractivity contribution in [1.29, 1.82) is 0 Å². The van der Waals surface area contributed by atoms with Crippen LogP contribution in [0.4, 0.5) is 0 Å². The molecular formula is C19H27NO3. The number of carbonyl (C=O) groups is 1. The molecule has 2 saturated heterocycles. The molecule has 1 spiro atoms. The zero-order chi connectivity index (χ0) is 16.3. The molecule has 0 aliphatic carbocycles. The van der Waals surface area contributed by atoms with Crippen LogP contribution in [0.2, 0.25) is 0 Å². The highest BCUT2D eigenvalue weighted by atomic mass is 16.5. The predicted octanol–water partition coefficient (Wildman–Crippen LogP) is 2.58.